The second kappa shape index (κ2) is 10.7. The third kappa shape index (κ3) is 5.41. The zero-order valence-electron chi connectivity index (χ0n) is 19.3. The highest BCUT2D eigenvalue weighted by molar-refractivity contribution is 7.99. The number of hydrogen-bond acceptors (Lipinski definition) is 6. The summed E-state index contributed by atoms with van der Waals surface area (Å²) in [5.41, 5.74) is 2.32. The zero-order valence-corrected chi connectivity index (χ0v) is 20.1. The zero-order chi connectivity index (χ0) is 24.1. The highest BCUT2D eigenvalue weighted by Gasteiger charge is 2.23. The SMILES string of the molecule is COC(=O)c1ccccc1NC(=O)CSc1nc2ccccc2n1CC(=O)N1CCC(C)CC1. The first-order chi connectivity index (χ1) is 16.5. The number of amides is 2. The number of thioether (sulfide) groups is 1. The van der Waals surface area contributed by atoms with Crippen LogP contribution in [-0.2, 0) is 20.9 Å². The highest BCUT2D eigenvalue weighted by atomic mass is 32.2. The van der Waals surface area contributed by atoms with E-state index in [0.29, 0.717) is 16.8 Å². The number of nitrogens with one attached hydrogen (secondary N) is 1. The molecule has 3 aromatic rings. The van der Waals surface area contributed by atoms with Crippen LogP contribution in [0, 0.1) is 5.92 Å². The summed E-state index contributed by atoms with van der Waals surface area (Å²) in [6.45, 7) is 3.95. The molecule has 2 amide bonds. The lowest BCUT2D eigenvalue weighted by atomic mass is 9.99. The van der Waals surface area contributed by atoms with Crippen molar-refractivity contribution in [3.05, 3.63) is 54.1 Å². The fraction of sp³-hybridized carbons (Fsp3) is 0.360. The molecule has 0 bridgehead atoms. The summed E-state index contributed by atoms with van der Waals surface area (Å²) in [6, 6.07) is 14.3. The third-order valence-corrected chi connectivity index (χ3v) is 6.96. The second-order valence-electron chi connectivity index (χ2n) is 8.41. The summed E-state index contributed by atoms with van der Waals surface area (Å²) in [4.78, 5) is 44.2. The van der Waals surface area contributed by atoms with Crippen LogP contribution in [0.25, 0.3) is 11.0 Å². The summed E-state index contributed by atoms with van der Waals surface area (Å²) in [7, 11) is 1.30. The van der Waals surface area contributed by atoms with Gasteiger partial charge >= 0.3 is 5.97 Å². The minimum Gasteiger partial charge on any atom is -0.465 e. The van der Waals surface area contributed by atoms with E-state index >= 15 is 0 Å². The van der Waals surface area contributed by atoms with Gasteiger partial charge in [-0.05, 0) is 43.0 Å². The Morgan fingerprint density at radius 3 is 2.56 bits per heavy atom. The molecule has 2 heterocycles. The molecule has 0 atom stereocenters. The number of nitrogens with zero attached hydrogens (tertiary/aromatic N) is 3. The molecule has 0 aliphatic carbocycles. The number of para-hydroxylation sites is 3. The first-order valence-electron chi connectivity index (χ1n) is 11.3. The molecule has 0 unspecified atom stereocenters. The topological polar surface area (TPSA) is 93.5 Å². The van der Waals surface area contributed by atoms with Crippen LogP contribution in [-0.4, -0.2) is 58.2 Å². The van der Waals surface area contributed by atoms with Gasteiger partial charge in [-0.25, -0.2) is 9.78 Å². The fourth-order valence-corrected chi connectivity index (χ4v) is 4.82. The Balaban J connectivity index is 1.48. The minimum absolute atomic E-state index is 0.0633. The van der Waals surface area contributed by atoms with E-state index in [1.54, 1.807) is 24.3 Å². The highest BCUT2D eigenvalue weighted by Crippen LogP contribution is 2.26. The largest absolute Gasteiger partial charge is 0.465 e. The lowest BCUT2D eigenvalue weighted by Gasteiger charge is -2.30. The number of esters is 1. The number of anilines is 1. The number of benzene rings is 2. The number of aromatic nitrogens is 2. The number of hydrogen-bond donors (Lipinski definition) is 1. The molecule has 34 heavy (non-hydrogen) atoms. The number of ether oxygens (including phenoxy) is 1. The second-order valence-corrected chi connectivity index (χ2v) is 9.35. The number of fused-ring (bicyclic) bond motifs is 1. The summed E-state index contributed by atoms with van der Waals surface area (Å²) >= 11 is 1.26. The predicted octanol–water partition coefficient (Wildman–Crippen LogP) is 3.81. The molecule has 1 aromatic heterocycles. The normalized spacial score (nSPS) is 14.2. The van der Waals surface area contributed by atoms with Crippen LogP contribution < -0.4 is 5.32 Å². The third-order valence-electron chi connectivity index (χ3n) is 5.99. The van der Waals surface area contributed by atoms with Crippen LogP contribution in [0.4, 0.5) is 5.69 Å². The summed E-state index contributed by atoms with van der Waals surface area (Å²) in [5, 5.41) is 3.38. The number of carbonyl (C=O) groups excluding carboxylic acids is 3. The molecule has 0 spiro atoms. The molecule has 1 fully saturated rings. The Hall–Kier alpha value is -3.33. The molecule has 4 rings (SSSR count). The van der Waals surface area contributed by atoms with Gasteiger partial charge in [0.15, 0.2) is 5.16 Å². The van der Waals surface area contributed by atoms with E-state index in [-0.39, 0.29) is 29.7 Å². The standard InChI is InChI=1S/C25H28N4O4S/c1-17-11-13-28(14-12-17)23(31)15-29-21-10-6-5-9-20(21)27-25(29)34-16-22(30)26-19-8-4-3-7-18(19)24(32)33-2/h3-10,17H,11-16H2,1-2H3,(H,26,30). The summed E-state index contributed by atoms with van der Waals surface area (Å²) < 4.78 is 6.67. The van der Waals surface area contributed by atoms with Crippen molar-refractivity contribution in [2.75, 3.05) is 31.3 Å². The van der Waals surface area contributed by atoms with Crippen molar-refractivity contribution in [3.8, 4) is 0 Å². The average molecular weight is 481 g/mol. The van der Waals surface area contributed by atoms with Gasteiger partial charge < -0.3 is 19.5 Å². The van der Waals surface area contributed by atoms with Crippen molar-refractivity contribution >= 4 is 46.3 Å². The van der Waals surface area contributed by atoms with E-state index in [1.807, 2.05) is 33.7 Å². The molecule has 1 saturated heterocycles. The van der Waals surface area contributed by atoms with E-state index in [0.717, 1.165) is 37.0 Å². The number of likely N-dealkylation sites (tertiary alicyclic amines) is 1. The molecule has 0 radical (unpaired) electrons. The van der Waals surface area contributed by atoms with Gasteiger partial charge in [-0.1, -0.05) is 43.0 Å². The molecule has 1 N–H and O–H groups in total. The first-order valence-corrected chi connectivity index (χ1v) is 12.3. The van der Waals surface area contributed by atoms with Crippen LogP contribution in [0.2, 0.25) is 0 Å². The smallest absolute Gasteiger partial charge is 0.339 e. The van der Waals surface area contributed by atoms with Crippen molar-refractivity contribution in [1.29, 1.82) is 0 Å². The Kier molecular flexibility index (Phi) is 7.52. The van der Waals surface area contributed by atoms with E-state index < -0.39 is 5.97 Å². The van der Waals surface area contributed by atoms with E-state index in [4.69, 9.17) is 4.74 Å². The number of piperidine rings is 1. The fourth-order valence-electron chi connectivity index (χ4n) is 4.01. The number of imidazole rings is 1. The van der Waals surface area contributed by atoms with E-state index in [9.17, 15) is 14.4 Å². The molecule has 1 aliphatic heterocycles. The minimum atomic E-state index is -0.518. The van der Waals surface area contributed by atoms with Crippen molar-refractivity contribution in [1.82, 2.24) is 14.5 Å². The van der Waals surface area contributed by atoms with E-state index in [1.165, 1.54) is 18.9 Å². The molecule has 2 aromatic carbocycles. The average Bonchev–Trinajstić information content (AvgIpc) is 3.20. The number of rotatable bonds is 7. The van der Waals surface area contributed by atoms with Gasteiger partial charge in [-0.15, -0.1) is 0 Å². The predicted molar refractivity (Wildman–Crippen MR) is 132 cm³/mol. The maximum absolute atomic E-state index is 13.0. The van der Waals surface area contributed by atoms with Crippen LogP contribution >= 0.6 is 11.8 Å². The molecule has 1 aliphatic rings. The Morgan fingerprint density at radius 2 is 1.79 bits per heavy atom. The van der Waals surface area contributed by atoms with E-state index in [2.05, 4.69) is 17.2 Å². The summed E-state index contributed by atoms with van der Waals surface area (Å²) in [6.07, 6.45) is 2.04. The van der Waals surface area contributed by atoms with Crippen LogP contribution in [0.15, 0.2) is 53.7 Å². The quantitative estimate of drug-likeness (QED) is 0.408. The molecular formula is C25H28N4O4S. The van der Waals surface area contributed by atoms with Crippen molar-refractivity contribution in [2.24, 2.45) is 5.92 Å². The van der Waals surface area contributed by atoms with Crippen molar-refractivity contribution in [3.63, 3.8) is 0 Å². The molecule has 178 valence electrons. The van der Waals surface area contributed by atoms with Gasteiger partial charge in [0.1, 0.15) is 6.54 Å². The van der Waals surface area contributed by atoms with Crippen LogP contribution in [0.5, 0.6) is 0 Å². The molecule has 0 saturated carbocycles. The van der Waals surface area contributed by atoms with Crippen LogP contribution in [0.1, 0.15) is 30.1 Å². The van der Waals surface area contributed by atoms with Crippen molar-refractivity contribution < 1.29 is 19.1 Å². The molecule has 9 heteroatoms. The monoisotopic (exact) mass is 480 g/mol. The van der Waals surface area contributed by atoms with Gasteiger partial charge in [-0.2, -0.15) is 0 Å². The van der Waals surface area contributed by atoms with Gasteiger partial charge in [0.2, 0.25) is 11.8 Å². The first kappa shape index (κ1) is 23.8. The molecule has 8 nitrogen and oxygen atoms in total. The van der Waals surface area contributed by atoms with Crippen molar-refractivity contribution in [2.45, 2.75) is 31.5 Å². The number of carbonyl (C=O) groups is 3. The van der Waals surface area contributed by atoms with Gasteiger partial charge in [0.25, 0.3) is 0 Å². The Labute approximate surface area is 202 Å². The Bertz CT molecular complexity index is 1200. The van der Waals surface area contributed by atoms with Crippen LogP contribution in [0.3, 0.4) is 0 Å². The number of methoxy groups -OCH3 is 1. The summed E-state index contributed by atoms with van der Waals surface area (Å²) in [5.74, 6) is -0.0125. The Morgan fingerprint density at radius 1 is 1.09 bits per heavy atom. The molecular weight excluding hydrogens is 452 g/mol. The maximum atomic E-state index is 13.0. The lowest BCUT2D eigenvalue weighted by Crippen LogP contribution is -2.39. The lowest BCUT2D eigenvalue weighted by molar-refractivity contribution is -0.133. The van der Waals surface area contributed by atoms with Gasteiger partial charge in [0, 0.05) is 13.1 Å². The maximum Gasteiger partial charge on any atom is 0.339 e. The van der Waals surface area contributed by atoms with Gasteiger partial charge in [0.05, 0.1) is 35.1 Å². The van der Waals surface area contributed by atoms with Gasteiger partial charge in [-0.3, -0.25) is 9.59 Å².